The van der Waals surface area contributed by atoms with Crippen LogP contribution in [0.15, 0.2) is 42.7 Å². The first-order valence-corrected chi connectivity index (χ1v) is 6.25. The van der Waals surface area contributed by atoms with Crippen molar-refractivity contribution in [2.24, 2.45) is 0 Å². The van der Waals surface area contributed by atoms with Crippen molar-refractivity contribution in [3.8, 4) is 11.5 Å². The van der Waals surface area contributed by atoms with Crippen molar-refractivity contribution in [2.45, 2.75) is 6.42 Å². The van der Waals surface area contributed by atoms with E-state index in [1.54, 1.807) is 19.4 Å². The Hall–Kier alpha value is -2.56. The highest BCUT2D eigenvalue weighted by Gasteiger charge is 2.19. The van der Waals surface area contributed by atoms with Crippen molar-refractivity contribution in [3.05, 3.63) is 53.9 Å². The van der Waals surface area contributed by atoms with E-state index in [1.807, 2.05) is 12.1 Å². The van der Waals surface area contributed by atoms with Gasteiger partial charge in [0.15, 0.2) is 0 Å². The van der Waals surface area contributed by atoms with Crippen molar-refractivity contribution in [3.63, 3.8) is 0 Å². The van der Waals surface area contributed by atoms with Gasteiger partial charge in [-0.25, -0.2) is 0 Å². The summed E-state index contributed by atoms with van der Waals surface area (Å²) in [5, 5.41) is 19.4. The predicted octanol–water partition coefficient (Wildman–Crippen LogP) is 1.81. The van der Waals surface area contributed by atoms with Gasteiger partial charge in [0.1, 0.15) is 17.1 Å². The van der Waals surface area contributed by atoms with Gasteiger partial charge in [0.25, 0.3) is 5.91 Å². The second-order valence-electron chi connectivity index (χ2n) is 4.50. The minimum absolute atomic E-state index is 0.0651. The summed E-state index contributed by atoms with van der Waals surface area (Å²) >= 11 is 0. The molecule has 0 aliphatic heterocycles. The largest absolute Gasteiger partial charge is 0.507 e. The Bertz CT molecular complexity index is 579. The van der Waals surface area contributed by atoms with E-state index in [-0.39, 0.29) is 17.1 Å². The summed E-state index contributed by atoms with van der Waals surface area (Å²) in [4.78, 5) is 17.6. The summed E-state index contributed by atoms with van der Waals surface area (Å²) < 4.78 is 0. The van der Waals surface area contributed by atoms with Gasteiger partial charge in [-0.15, -0.1) is 0 Å². The maximum absolute atomic E-state index is 12.2. The van der Waals surface area contributed by atoms with E-state index in [0.717, 1.165) is 5.56 Å². The first-order chi connectivity index (χ1) is 9.59. The number of carbonyl (C=O) groups is 1. The molecule has 1 aromatic carbocycles. The summed E-state index contributed by atoms with van der Waals surface area (Å²) in [7, 11) is 1.63. The lowest BCUT2D eigenvalue weighted by Crippen LogP contribution is -2.29. The van der Waals surface area contributed by atoms with Crippen molar-refractivity contribution in [1.82, 2.24) is 9.88 Å². The molecule has 0 spiro atoms. The van der Waals surface area contributed by atoms with Gasteiger partial charge in [-0.3, -0.25) is 9.78 Å². The quantitative estimate of drug-likeness (QED) is 0.890. The highest BCUT2D eigenvalue weighted by molar-refractivity contribution is 5.99. The summed E-state index contributed by atoms with van der Waals surface area (Å²) in [6.45, 7) is 0.483. The molecule has 2 rings (SSSR count). The molecule has 0 unspecified atom stereocenters. The van der Waals surface area contributed by atoms with Crippen LogP contribution in [0.5, 0.6) is 11.5 Å². The molecule has 0 radical (unpaired) electrons. The second-order valence-corrected chi connectivity index (χ2v) is 4.50. The Morgan fingerprint density at radius 1 is 1.15 bits per heavy atom. The molecule has 5 nitrogen and oxygen atoms in total. The van der Waals surface area contributed by atoms with Crippen molar-refractivity contribution >= 4 is 5.91 Å². The monoisotopic (exact) mass is 272 g/mol. The Morgan fingerprint density at radius 3 is 2.35 bits per heavy atom. The topological polar surface area (TPSA) is 73.7 Å². The predicted molar refractivity (Wildman–Crippen MR) is 74.7 cm³/mol. The zero-order chi connectivity index (χ0) is 14.5. The van der Waals surface area contributed by atoms with Crippen LogP contribution in [0.25, 0.3) is 0 Å². The summed E-state index contributed by atoms with van der Waals surface area (Å²) in [5.74, 6) is -0.842. The summed E-state index contributed by atoms with van der Waals surface area (Å²) in [5.41, 5.74) is 1.01. The number of amides is 1. The molecule has 0 atom stereocenters. The highest BCUT2D eigenvalue weighted by Crippen LogP contribution is 2.27. The van der Waals surface area contributed by atoms with E-state index < -0.39 is 5.91 Å². The summed E-state index contributed by atoms with van der Waals surface area (Å²) in [6.07, 6.45) is 4.08. The lowest BCUT2D eigenvalue weighted by molar-refractivity contribution is 0.0790. The molecule has 1 aromatic heterocycles. The molecular formula is C15H16N2O3. The van der Waals surface area contributed by atoms with Gasteiger partial charge >= 0.3 is 0 Å². The molecule has 2 N–H and O–H groups in total. The van der Waals surface area contributed by atoms with Crippen LogP contribution >= 0.6 is 0 Å². The standard InChI is InChI=1S/C15H16N2O3/c1-17(10-7-11-5-8-16-9-6-11)15(20)14-12(18)3-2-4-13(14)19/h2-6,8-9,18-19H,7,10H2,1H3. The maximum atomic E-state index is 12.2. The van der Waals surface area contributed by atoms with Gasteiger partial charge in [0.05, 0.1) is 0 Å². The number of carbonyl (C=O) groups excluding carboxylic acids is 1. The Balaban J connectivity index is 2.06. The number of rotatable bonds is 4. The first-order valence-electron chi connectivity index (χ1n) is 6.25. The van der Waals surface area contributed by atoms with Crippen LogP contribution in [0.1, 0.15) is 15.9 Å². The van der Waals surface area contributed by atoms with E-state index >= 15 is 0 Å². The Morgan fingerprint density at radius 2 is 1.75 bits per heavy atom. The van der Waals surface area contributed by atoms with Crippen molar-refractivity contribution < 1.29 is 15.0 Å². The third-order valence-corrected chi connectivity index (χ3v) is 3.07. The van der Waals surface area contributed by atoms with E-state index in [9.17, 15) is 15.0 Å². The number of hydrogen-bond donors (Lipinski definition) is 2. The molecule has 1 heterocycles. The molecule has 104 valence electrons. The number of phenolic OH excluding ortho intramolecular Hbond substituents is 2. The second kappa shape index (κ2) is 6.06. The summed E-state index contributed by atoms with van der Waals surface area (Å²) in [6, 6.07) is 8.01. The smallest absolute Gasteiger partial charge is 0.261 e. The van der Waals surface area contributed by atoms with Gasteiger partial charge in [-0.05, 0) is 36.2 Å². The zero-order valence-corrected chi connectivity index (χ0v) is 11.2. The average molecular weight is 272 g/mol. The van der Waals surface area contributed by atoms with Crippen molar-refractivity contribution in [1.29, 1.82) is 0 Å². The number of aromatic nitrogens is 1. The van der Waals surface area contributed by atoms with E-state index in [1.165, 1.54) is 23.1 Å². The highest BCUT2D eigenvalue weighted by atomic mass is 16.3. The van der Waals surface area contributed by atoms with Crippen LogP contribution in [0, 0.1) is 0 Å². The maximum Gasteiger partial charge on any atom is 0.261 e. The lowest BCUT2D eigenvalue weighted by atomic mass is 10.1. The fraction of sp³-hybridized carbons (Fsp3) is 0.200. The third kappa shape index (κ3) is 3.06. The molecule has 0 aliphatic rings. The van der Waals surface area contributed by atoms with E-state index in [0.29, 0.717) is 13.0 Å². The Labute approximate surface area is 117 Å². The molecule has 2 aromatic rings. The first kappa shape index (κ1) is 13.9. The van der Waals surface area contributed by atoms with Crippen LogP contribution in [-0.2, 0) is 6.42 Å². The van der Waals surface area contributed by atoms with Crippen molar-refractivity contribution in [2.75, 3.05) is 13.6 Å². The van der Waals surface area contributed by atoms with Crippen LogP contribution in [0.3, 0.4) is 0 Å². The normalized spacial score (nSPS) is 10.2. The molecular weight excluding hydrogens is 256 g/mol. The lowest BCUT2D eigenvalue weighted by Gasteiger charge is -2.18. The number of benzene rings is 1. The minimum atomic E-state index is -0.408. The number of hydrogen-bond acceptors (Lipinski definition) is 4. The number of nitrogens with zero attached hydrogens (tertiary/aromatic N) is 2. The fourth-order valence-electron chi connectivity index (χ4n) is 1.89. The molecule has 0 aliphatic carbocycles. The third-order valence-electron chi connectivity index (χ3n) is 3.07. The minimum Gasteiger partial charge on any atom is -0.507 e. The van der Waals surface area contributed by atoms with Gasteiger partial charge in [-0.1, -0.05) is 6.07 Å². The van der Waals surface area contributed by atoms with Gasteiger partial charge < -0.3 is 15.1 Å². The number of pyridine rings is 1. The molecule has 0 fully saturated rings. The SMILES string of the molecule is CN(CCc1ccncc1)C(=O)c1c(O)cccc1O. The van der Waals surface area contributed by atoms with Crippen LogP contribution in [-0.4, -0.2) is 39.6 Å². The molecule has 0 saturated carbocycles. The number of likely N-dealkylation sites (N-methyl/N-ethyl adjacent to an activating group) is 1. The molecule has 20 heavy (non-hydrogen) atoms. The van der Waals surface area contributed by atoms with Crippen LogP contribution < -0.4 is 0 Å². The van der Waals surface area contributed by atoms with Crippen LogP contribution in [0.4, 0.5) is 0 Å². The fourth-order valence-corrected chi connectivity index (χ4v) is 1.89. The molecule has 5 heteroatoms. The van der Waals surface area contributed by atoms with Gasteiger partial charge in [0, 0.05) is 26.0 Å². The average Bonchev–Trinajstić information content (AvgIpc) is 2.45. The zero-order valence-electron chi connectivity index (χ0n) is 11.2. The van der Waals surface area contributed by atoms with Gasteiger partial charge in [-0.2, -0.15) is 0 Å². The Kier molecular flexibility index (Phi) is 4.20. The van der Waals surface area contributed by atoms with E-state index in [2.05, 4.69) is 4.98 Å². The number of phenols is 2. The molecule has 0 bridgehead atoms. The van der Waals surface area contributed by atoms with E-state index in [4.69, 9.17) is 0 Å². The molecule has 0 saturated heterocycles. The number of aromatic hydroxyl groups is 2. The van der Waals surface area contributed by atoms with Gasteiger partial charge in [0.2, 0.25) is 0 Å². The molecule has 1 amide bonds. The van der Waals surface area contributed by atoms with Crippen LogP contribution in [0.2, 0.25) is 0 Å².